The summed E-state index contributed by atoms with van der Waals surface area (Å²) in [5.74, 6) is -0.532. The SMILES string of the molecule is Cc1ccc(-n2nc3ccc(NCC(F)(F)F)nc3c(-c3ccc(C(F)F)nc3)c2=O)cc1.[2H]C([2H])([2H])C([2H])([2H])Nc1ccc2nn(-c3ccc4nn(C)cc4c3)c(=O)c(-c3ccc(C(F)F)nc3)c2n1.[2H]C([2H])([2H])C([2H])([2H])Nc1ccc2nn(-c3ccc4nn(C)cc4c3)c(=O)c(-c3ccc(C)nc3)c2n1.[2H]C([2H])([2H])n1cc2cc(-n3nc4ccc(NC([2H])([2H])C([2H])([2H])[2H])nc4c(-c4ccc(C(F)F)nc4)c3=O)ccc2n1. The molecule has 0 bridgehead atoms. The minimum atomic E-state index is -4.47. The van der Waals surface area contributed by atoms with Crippen LogP contribution < -0.4 is 43.5 Å². The minimum absolute atomic E-state index is 0.00615. The van der Waals surface area contributed by atoms with E-state index < -0.39 is 118 Å². The van der Waals surface area contributed by atoms with E-state index in [1.54, 1.807) is 102 Å². The number of hydrogen-bond acceptors (Lipinski definition) is 23. The third kappa shape index (κ3) is 18.5. The molecule has 0 atom stereocenters. The molecule has 0 fully saturated rings. The average molecular weight is 1790 g/mol. The van der Waals surface area contributed by atoms with Crippen molar-refractivity contribution in [2.75, 3.05) is 47.3 Å². The predicted molar refractivity (Wildman–Crippen MR) is 478 cm³/mol. The van der Waals surface area contributed by atoms with Crippen LogP contribution in [0.15, 0.2) is 238 Å². The van der Waals surface area contributed by atoms with Gasteiger partial charge in [-0.25, -0.2) is 46.3 Å². The highest BCUT2D eigenvalue weighted by molar-refractivity contribution is 5.96. The third-order valence-electron chi connectivity index (χ3n) is 19.7. The van der Waals surface area contributed by atoms with Gasteiger partial charge >= 0.3 is 6.18 Å². The fraction of sp³-hybridized carbons (Fsp3) is 0.176. The van der Waals surface area contributed by atoms with Gasteiger partial charge in [-0.05, 0) is 174 Å². The Balaban J connectivity index is 0.000000141. The van der Waals surface area contributed by atoms with Crippen LogP contribution in [0.3, 0.4) is 0 Å². The van der Waals surface area contributed by atoms with Gasteiger partial charge in [0.05, 0.1) is 61.6 Å². The molecular formula is C91H75F9N26O4. The highest BCUT2D eigenvalue weighted by Gasteiger charge is 2.29. The minimum Gasteiger partial charge on any atom is -0.370 e. The lowest BCUT2D eigenvalue weighted by Gasteiger charge is -2.13. The first kappa shape index (κ1) is 67.0. The standard InChI is InChI=1S/2C23H19F2N7O.C23H21N7O.C22H16F5N5O/c2*1-3-26-19-9-8-17-21(28-19)20(13-4-6-18(22(24)25)27-11-13)23(33)32(30-17)15-5-7-16-14(10-15)12-31(2)29-16;1-4-24-20-10-9-19-22(26-20)21(15-6-5-14(2)25-12-15)23(31)30(28-19)17-7-8-18-16(11-17)13-29(3)27-18;1-12-2-5-14(6-3-12)32-21(33)18(13-4-7-16(20(23)24)28-10-13)19-15(31-32)8-9-17(30-19)29-11-22(25,26)27/h2*4-12,22H,3H2,1-2H3,(H,26,28);5-13H,4H2,1-3H3,(H,24,26);2-10,20H,11H2,1H3,(H,29,30)/i1D3,2D3,3D2;1D3,3D2;1D3,4D2;. The molecule has 39 heteroatoms. The maximum atomic E-state index is 13.8. The highest BCUT2D eigenvalue weighted by atomic mass is 19.4. The van der Waals surface area contributed by atoms with Crippen LogP contribution >= 0.6 is 0 Å². The zero-order chi connectivity index (χ0) is 107. The number of anilines is 4. The van der Waals surface area contributed by atoms with Crippen LogP contribution in [-0.2, 0) is 21.1 Å². The number of pyridine rings is 8. The second kappa shape index (κ2) is 36.7. The van der Waals surface area contributed by atoms with Gasteiger partial charge in [0.2, 0.25) is 0 Å². The van der Waals surface area contributed by atoms with Crippen molar-refractivity contribution in [1.82, 2.24) is 108 Å². The summed E-state index contributed by atoms with van der Waals surface area (Å²) in [7, 11) is 3.58. The molecule has 0 aliphatic carbocycles. The second-order valence-electron chi connectivity index (χ2n) is 28.6. The van der Waals surface area contributed by atoms with Gasteiger partial charge < -0.3 is 21.3 Å². The molecule has 0 unspecified atom stereocenters. The smallest absolute Gasteiger partial charge is 0.370 e. The van der Waals surface area contributed by atoms with Crippen molar-refractivity contribution in [3.63, 3.8) is 0 Å². The zero-order valence-electron chi connectivity index (χ0n) is 85.6. The first-order chi connectivity index (χ1) is 69.4. The molecule has 0 amide bonds. The molecule has 0 saturated carbocycles. The summed E-state index contributed by atoms with van der Waals surface area (Å²) in [6.07, 6.45) is -3.17. The quantitative estimate of drug-likeness (QED) is 0.0546. The van der Waals surface area contributed by atoms with Crippen molar-refractivity contribution in [2.45, 2.75) is 59.9 Å². The van der Waals surface area contributed by atoms with E-state index in [9.17, 15) is 58.7 Å². The lowest BCUT2D eigenvalue weighted by atomic mass is 10.1. The van der Waals surface area contributed by atoms with E-state index in [0.29, 0.717) is 44.6 Å². The number of nitrogens with one attached hydrogen (secondary N) is 4. The van der Waals surface area contributed by atoms with Gasteiger partial charge in [0, 0.05) is 153 Å². The predicted octanol–water partition coefficient (Wildman–Crippen LogP) is 16.7. The number of aromatic nitrogens is 22. The number of hydrogen-bond donors (Lipinski definition) is 4. The van der Waals surface area contributed by atoms with Gasteiger partial charge in [-0.3, -0.25) is 53.2 Å². The van der Waals surface area contributed by atoms with Crippen molar-refractivity contribution < 1.29 is 64.2 Å². The summed E-state index contributed by atoms with van der Waals surface area (Å²) in [6.45, 7) is -17.5. The van der Waals surface area contributed by atoms with Crippen LogP contribution in [0, 0.1) is 13.8 Å². The van der Waals surface area contributed by atoms with Gasteiger partial charge in [0.25, 0.3) is 41.5 Å². The summed E-state index contributed by atoms with van der Waals surface area (Å²) in [6, 6.07) is 43.7. The van der Waals surface area contributed by atoms with Gasteiger partial charge in [-0.15, -0.1) is 0 Å². The molecule has 0 aliphatic heterocycles. The van der Waals surface area contributed by atoms with Gasteiger partial charge in [-0.2, -0.15) is 67.6 Å². The molecule has 30 nitrogen and oxygen atoms in total. The van der Waals surface area contributed by atoms with Crippen LogP contribution in [-0.4, -0.2) is 141 Å². The monoisotopic (exact) mass is 1780 g/mol. The average Bonchev–Trinajstić information content (AvgIpc) is 1.49. The molecule has 130 heavy (non-hydrogen) atoms. The summed E-state index contributed by atoms with van der Waals surface area (Å²) < 4.78 is 262. The first-order valence-corrected chi connectivity index (χ1v) is 38.5. The zero-order valence-corrected chi connectivity index (χ0v) is 67.6. The summed E-state index contributed by atoms with van der Waals surface area (Å²) >= 11 is 0. The number of fused-ring (bicyclic) bond motifs is 7. The summed E-state index contributed by atoms with van der Waals surface area (Å²) in [4.78, 5) is 87.4. The van der Waals surface area contributed by atoms with Crippen molar-refractivity contribution in [2.24, 2.45) is 21.1 Å². The van der Waals surface area contributed by atoms with Crippen LogP contribution in [0.1, 0.15) is 92.8 Å². The molecule has 4 N–H and O–H groups in total. The van der Waals surface area contributed by atoms with Crippen LogP contribution in [0.4, 0.5) is 62.8 Å². The second-order valence-corrected chi connectivity index (χ2v) is 28.6. The number of benzene rings is 4. The van der Waals surface area contributed by atoms with E-state index >= 15 is 0 Å². The molecule has 15 aromatic heterocycles. The number of alkyl halides is 9. The maximum absolute atomic E-state index is 13.8. The molecule has 19 aromatic rings. The molecule has 0 radical (unpaired) electrons. The fourth-order valence-electron chi connectivity index (χ4n) is 13.8. The molecular weight excluding hydrogens is 1690 g/mol. The van der Waals surface area contributed by atoms with Crippen LogP contribution in [0.2, 0.25) is 0 Å². The van der Waals surface area contributed by atoms with E-state index in [1.807, 2.05) is 33.2 Å². The Morgan fingerprint density at radius 3 is 0.954 bits per heavy atom. The van der Waals surface area contributed by atoms with Crippen molar-refractivity contribution in [1.29, 1.82) is 0 Å². The maximum Gasteiger partial charge on any atom is 0.405 e. The molecule has 0 aliphatic rings. The molecule has 656 valence electrons. The fourth-order valence-corrected chi connectivity index (χ4v) is 13.8. The highest BCUT2D eigenvalue weighted by Crippen LogP contribution is 2.34. The Bertz CT molecular complexity index is 8570. The lowest BCUT2D eigenvalue weighted by molar-refractivity contribution is -0.115. The van der Waals surface area contributed by atoms with E-state index in [2.05, 4.69) is 96.8 Å². The Morgan fingerprint density at radius 2 is 0.654 bits per heavy atom. The number of nitrogens with zero attached hydrogens (tertiary/aromatic N) is 22. The van der Waals surface area contributed by atoms with Crippen molar-refractivity contribution in [3.8, 4) is 67.3 Å². The molecule has 0 saturated heterocycles. The van der Waals surface area contributed by atoms with Crippen LogP contribution in [0.5, 0.6) is 0 Å². The third-order valence-corrected chi connectivity index (χ3v) is 19.7. The van der Waals surface area contributed by atoms with Crippen molar-refractivity contribution >= 4 is 100 Å². The number of halogens is 9. The lowest BCUT2D eigenvalue weighted by Crippen LogP contribution is -2.24. The van der Waals surface area contributed by atoms with E-state index in [-0.39, 0.29) is 107 Å². The largest absolute Gasteiger partial charge is 0.405 e. The van der Waals surface area contributed by atoms with E-state index in [0.717, 1.165) is 83.1 Å². The normalized spacial score (nSPS) is 14.3. The van der Waals surface area contributed by atoms with Gasteiger partial charge in [-0.1, -0.05) is 42.0 Å². The topological polar surface area (TPSA) is 344 Å². The van der Waals surface area contributed by atoms with Crippen molar-refractivity contribution in [3.05, 3.63) is 289 Å². The van der Waals surface area contributed by atoms with Gasteiger partial charge in [0.15, 0.2) is 0 Å². The van der Waals surface area contributed by atoms with Gasteiger partial charge in [0.1, 0.15) is 91.0 Å². The first-order valence-electron chi connectivity index (χ1n) is 47.5. The Labute approximate surface area is 754 Å². The molecule has 15 heterocycles. The summed E-state index contributed by atoms with van der Waals surface area (Å²) in [5, 5.41) is 41.2. The Hall–Kier alpha value is -16.4. The van der Waals surface area contributed by atoms with E-state index in [4.69, 9.17) is 24.7 Å². The van der Waals surface area contributed by atoms with E-state index in [1.165, 1.54) is 89.7 Å². The number of rotatable bonds is 19. The molecule has 19 rings (SSSR count). The summed E-state index contributed by atoms with van der Waals surface area (Å²) in [5.41, 5.74) is 3.26. The van der Waals surface area contributed by atoms with Crippen LogP contribution in [0.25, 0.3) is 144 Å². The Morgan fingerprint density at radius 1 is 0.354 bits per heavy atom. The number of aryl methyl sites for hydroxylation is 5. The molecule has 0 spiro atoms. The Kier molecular flexibility index (Phi) is 18.9. The molecule has 4 aromatic carbocycles.